The number of hydrogen-bond donors (Lipinski definition) is 1. The standard InChI is InChI=1S/C5H3BrCl2N2/c6-2-1-3(7)10-5(8)4(2)9/h1H,9H2. The first-order chi connectivity index (χ1) is 4.61. The molecular formula is C5H3BrCl2N2. The zero-order chi connectivity index (χ0) is 7.72. The number of nitrogens with zero attached hydrogens (tertiary/aromatic N) is 1. The first-order valence-corrected chi connectivity index (χ1v) is 3.93. The minimum atomic E-state index is 0.222. The first kappa shape index (κ1) is 8.11. The van der Waals surface area contributed by atoms with Gasteiger partial charge in [0.25, 0.3) is 0 Å². The van der Waals surface area contributed by atoms with Crippen LogP contribution in [-0.4, -0.2) is 4.98 Å². The molecule has 0 atom stereocenters. The summed E-state index contributed by atoms with van der Waals surface area (Å²) in [6.45, 7) is 0. The van der Waals surface area contributed by atoms with Crippen molar-refractivity contribution in [3.63, 3.8) is 0 Å². The van der Waals surface area contributed by atoms with Crippen molar-refractivity contribution in [1.82, 2.24) is 4.98 Å². The molecule has 0 saturated carbocycles. The maximum atomic E-state index is 5.57. The molecule has 1 aromatic heterocycles. The van der Waals surface area contributed by atoms with Gasteiger partial charge < -0.3 is 5.73 Å². The summed E-state index contributed by atoms with van der Waals surface area (Å²) in [4.78, 5) is 3.71. The molecule has 0 aromatic carbocycles. The topological polar surface area (TPSA) is 38.9 Å². The van der Waals surface area contributed by atoms with Gasteiger partial charge in [-0.1, -0.05) is 23.2 Å². The second-order valence-corrected chi connectivity index (χ2v) is 3.23. The molecule has 0 radical (unpaired) electrons. The molecule has 0 unspecified atom stereocenters. The van der Waals surface area contributed by atoms with Gasteiger partial charge in [-0.15, -0.1) is 0 Å². The van der Waals surface area contributed by atoms with Crippen LogP contribution in [0.5, 0.6) is 0 Å². The predicted octanol–water partition coefficient (Wildman–Crippen LogP) is 2.73. The highest BCUT2D eigenvalue weighted by molar-refractivity contribution is 9.10. The van der Waals surface area contributed by atoms with E-state index in [1.54, 1.807) is 6.07 Å². The fourth-order valence-electron chi connectivity index (χ4n) is 0.467. The quantitative estimate of drug-likeness (QED) is 0.710. The van der Waals surface area contributed by atoms with Crippen molar-refractivity contribution >= 4 is 44.8 Å². The lowest BCUT2D eigenvalue weighted by Crippen LogP contribution is -1.90. The average molecular weight is 242 g/mol. The summed E-state index contributed by atoms with van der Waals surface area (Å²) in [7, 11) is 0. The number of anilines is 1. The molecule has 0 saturated heterocycles. The van der Waals surface area contributed by atoms with Crippen molar-refractivity contribution in [3.05, 3.63) is 20.8 Å². The van der Waals surface area contributed by atoms with Crippen LogP contribution in [0.15, 0.2) is 10.5 Å². The Morgan fingerprint density at radius 2 is 2.10 bits per heavy atom. The van der Waals surface area contributed by atoms with Gasteiger partial charge in [-0.05, 0) is 22.0 Å². The zero-order valence-corrected chi connectivity index (χ0v) is 7.83. The fraction of sp³-hybridized carbons (Fsp3) is 0. The zero-order valence-electron chi connectivity index (χ0n) is 4.74. The van der Waals surface area contributed by atoms with Crippen LogP contribution in [0.2, 0.25) is 10.3 Å². The Kier molecular flexibility index (Phi) is 2.39. The van der Waals surface area contributed by atoms with Gasteiger partial charge in [-0.25, -0.2) is 4.98 Å². The molecule has 5 heteroatoms. The summed E-state index contributed by atoms with van der Waals surface area (Å²) in [5, 5.41) is 0.547. The highest BCUT2D eigenvalue weighted by Gasteiger charge is 2.03. The fourth-order valence-corrected chi connectivity index (χ4v) is 1.55. The largest absolute Gasteiger partial charge is 0.395 e. The number of pyridine rings is 1. The predicted molar refractivity (Wildman–Crippen MR) is 46.4 cm³/mol. The van der Waals surface area contributed by atoms with Crippen LogP contribution >= 0.6 is 39.1 Å². The van der Waals surface area contributed by atoms with Crippen molar-refractivity contribution < 1.29 is 0 Å². The number of halogens is 3. The van der Waals surface area contributed by atoms with Crippen LogP contribution in [0.25, 0.3) is 0 Å². The Balaban J connectivity index is 3.31. The van der Waals surface area contributed by atoms with E-state index in [4.69, 9.17) is 28.9 Å². The van der Waals surface area contributed by atoms with Gasteiger partial charge in [0, 0.05) is 4.47 Å². The van der Waals surface area contributed by atoms with Crippen molar-refractivity contribution in [2.24, 2.45) is 0 Å². The van der Waals surface area contributed by atoms with Gasteiger partial charge in [0.1, 0.15) is 5.15 Å². The third-order valence-corrected chi connectivity index (χ3v) is 2.07. The molecular weight excluding hydrogens is 239 g/mol. The molecule has 2 N–H and O–H groups in total. The molecule has 0 aliphatic heterocycles. The second-order valence-electron chi connectivity index (χ2n) is 1.63. The van der Waals surface area contributed by atoms with Crippen molar-refractivity contribution in [1.29, 1.82) is 0 Å². The molecule has 1 rings (SSSR count). The molecule has 0 spiro atoms. The lowest BCUT2D eigenvalue weighted by molar-refractivity contribution is 1.32. The third-order valence-electron chi connectivity index (χ3n) is 0.930. The summed E-state index contributed by atoms with van der Waals surface area (Å²) in [5.41, 5.74) is 5.86. The minimum Gasteiger partial charge on any atom is -0.395 e. The third kappa shape index (κ3) is 1.54. The van der Waals surface area contributed by atoms with Crippen LogP contribution in [0, 0.1) is 0 Å². The average Bonchev–Trinajstić information content (AvgIpc) is 1.82. The molecule has 0 aliphatic rings. The van der Waals surface area contributed by atoms with E-state index in [0.29, 0.717) is 15.3 Å². The lowest BCUT2D eigenvalue weighted by atomic mass is 10.4. The molecule has 10 heavy (non-hydrogen) atoms. The van der Waals surface area contributed by atoms with Crippen LogP contribution in [-0.2, 0) is 0 Å². The van der Waals surface area contributed by atoms with E-state index in [1.807, 2.05) is 0 Å². The van der Waals surface area contributed by atoms with E-state index < -0.39 is 0 Å². The first-order valence-electron chi connectivity index (χ1n) is 2.38. The molecule has 0 fully saturated rings. The molecule has 0 bridgehead atoms. The summed E-state index contributed by atoms with van der Waals surface area (Å²) < 4.78 is 0.664. The second kappa shape index (κ2) is 2.95. The van der Waals surface area contributed by atoms with Crippen LogP contribution < -0.4 is 5.73 Å². The Hall–Kier alpha value is 0.01000. The Labute approximate surface area is 76.5 Å². The van der Waals surface area contributed by atoms with Crippen LogP contribution in [0.3, 0.4) is 0 Å². The number of rotatable bonds is 0. The van der Waals surface area contributed by atoms with Crippen LogP contribution in [0.1, 0.15) is 0 Å². The van der Waals surface area contributed by atoms with E-state index in [9.17, 15) is 0 Å². The van der Waals surface area contributed by atoms with Crippen LogP contribution in [0.4, 0.5) is 5.69 Å². The van der Waals surface area contributed by atoms with Gasteiger partial charge in [-0.2, -0.15) is 0 Å². The van der Waals surface area contributed by atoms with Gasteiger partial charge in [-0.3, -0.25) is 0 Å². The van der Waals surface area contributed by atoms with Gasteiger partial charge in [0.05, 0.1) is 5.69 Å². The highest BCUT2D eigenvalue weighted by atomic mass is 79.9. The Morgan fingerprint density at radius 3 is 2.60 bits per heavy atom. The van der Waals surface area contributed by atoms with E-state index in [1.165, 1.54) is 0 Å². The lowest BCUT2D eigenvalue weighted by Gasteiger charge is -1.99. The smallest absolute Gasteiger partial charge is 0.154 e. The van der Waals surface area contributed by atoms with Gasteiger partial charge in [0.15, 0.2) is 5.15 Å². The summed E-state index contributed by atoms with van der Waals surface area (Å²) in [5.74, 6) is 0. The number of hydrogen-bond acceptors (Lipinski definition) is 2. The van der Waals surface area contributed by atoms with Crippen molar-refractivity contribution in [3.8, 4) is 0 Å². The number of nitrogens with two attached hydrogens (primary N) is 1. The minimum absolute atomic E-state index is 0.222. The summed E-state index contributed by atoms with van der Waals surface area (Å²) >= 11 is 14.3. The molecule has 1 aromatic rings. The van der Waals surface area contributed by atoms with Gasteiger partial charge in [0.2, 0.25) is 0 Å². The molecule has 2 nitrogen and oxygen atoms in total. The Bertz CT molecular complexity index is 241. The normalized spacial score (nSPS) is 9.90. The molecule has 0 aliphatic carbocycles. The maximum Gasteiger partial charge on any atom is 0.154 e. The molecule has 54 valence electrons. The summed E-state index contributed by atoms with van der Waals surface area (Å²) in [6, 6.07) is 1.59. The molecule has 1 heterocycles. The van der Waals surface area contributed by atoms with Crippen molar-refractivity contribution in [2.75, 3.05) is 5.73 Å². The highest BCUT2D eigenvalue weighted by Crippen LogP contribution is 2.27. The number of nitrogen functional groups attached to an aromatic ring is 1. The van der Waals surface area contributed by atoms with Gasteiger partial charge >= 0.3 is 0 Å². The van der Waals surface area contributed by atoms with Crippen molar-refractivity contribution in [2.45, 2.75) is 0 Å². The summed E-state index contributed by atoms with van der Waals surface area (Å²) in [6.07, 6.45) is 0. The number of aromatic nitrogens is 1. The maximum absolute atomic E-state index is 5.57. The van der Waals surface area contributed by atoms with E-state index in [0.717, 1.165) is 0 Å². The van der Waals surface area contributed by atoms with E-state index in [2.05, 4.69) is 20.9 Å². The molecule has 0 amide bonds. The van der Waals surface area contributed by atoms with E-state index in [-0.39, 0.29) is 5.15 Å². The Morgan fingerprint density at radius 1 is 1.50 bits per heavy atom. The SMILES string of the molecule is Nc1c(Br)cc(Cl)nc1Cl. The van der Waals surface area contributed by atoms with E-state index >= 15 is 0 Å². The monoisotopic (exact) mass is 240 g/mol.